The fraction of sp³-hybridized carbons (Fsp3) is 0.231. The first-order valence-corrected chi connectivity index (χ1v) is 7.83. The molecule has 0 spiro atoms. The van der Waals surface area contributed by atoms with Gasteiger partial charge in [0.25, 0.3) is 0 Å². The summed E-state index contributed by atoms with van der Waals surface area (Å²) in [6.45, 7) is 1.28. The van der Waals surface area contributed by atoms with Crippen LogP contribution in [0.15, 0.2) is 35.4 Å². The number of aryl methyl sites for hydroxylation is 1. The van der Waals surface area contributed by atoms with E-state index in [4.69, 9.17) is 5.73 Å². The minimum Gasteiger partial charge on any atom is -0.383 e. The largest absolute Gasteiger partial charge is 0.417 e. The molecule has 23 heavy (non-hydrogen) atoms. The lowest BCUT2D eigenvalue weighted by Crippen LogP contribution is -2.26. The number of nitrogens with two attached hydrogens (primary N) is 1. The molecule has 0 aliphatic heterocycles. The van der Waals surface area contributed by atoms with Crippen LogP contribution in [-0.4, -0.2) is 18.4 Å². The van der Waals surface area contributed by atoms with E-state index in [0.717, 1.165) is 12.1 Å². The molecule has 1 heterocycles. The summed E-state index contributed by atoms with van der Waals surface area (Å²) in [4.78, 5) is 6.87. The second kappa shape index (κ2) is 6.13. The van der Waals surface area contributed by atoms with E-state index in [1.807, 2.05) is 0 Å². The Morgan fingerprint density at radius 3 is 2.52 bits per heavy atom. The fourth-order valence-electron chi connectivity index (χ4n) is 1.83. The quantitative estimate of drug-likeness (QED) is 0.881. The van der Waals surface area contributed by atoms with E-state index in [0.29, 0.717) is 11.9 Å². The number of nitrogens with zero attached hydrogens (tertiary/aromatic N) is 2. The van der Waals surface area contributed by atoms with Crippen LogP contribution in [0.4, 0.5) is 19.0 Å². The van der Waals surface area contributed by atoms with Crippen LogP contribution in [-0.2, 0) is 22.7 Å². The summed E-state index contributed by atoms with van der Waals surface area (Å²) in [5.74, 6) is 0.459. The van der Waals surface area contributed by atoms with Crippen molar-refractivity contribution in [2.75, 3.05) is 5.73 Å². The van der Waals surface area contributed by atoms with Gasteiger partial charge in [-0.2, -0.15) is 13.2 Å². The first kappa shape index (κ1) is 17.2. The number of nitrogen functional groups attached to an aromatic ring is 1. The van der Waals surface area contributed by atoms with Gasteiger partial charge in [-0.15, -0.1) is 0 Å². The van der Waals surface area contributed by atoms with Gasteiger partial charge in [-0.1, -0.05) is 12.1 Å². The number of halogens is 3. The van der Waals surface area contributed by atoms with Gasteiger partial charge in [-0.3, -0.25) is 0 Å². The molecule has 0 atom stereocenters. The predicted octanol–water partition coefficient (Wildman–Crippen LogP) is 1.86. The number of alkyl halides is 3. The van der Waals surface area contributed by atoms with Crippen LogP contribution < -0.4 is 10.5 Å². The van der Waals surface area contributed by atoms with E-state index in [-0.39, 0.29) is 17.9 Å². The van der Waals surface area contributed by atoms with Gasteiger partial charge in [0, 0.05) is 18.3 Å². The van der Waals surface area contributed by atoms with Gasteiger partial charge in [-0.05, 0) is 19.1 Å². The van der Waals surface area contributed by atoms with Crippen molar-refractivity contribution in [1.82, 2.24) is 14.7 Å². The Bertz CT molecular complexity index is 822. The van der Waals surface area contributed by atoms with Crippen molar-refractivity contribution in [3.8, 4) is 0 Å². The van der Waals surface area contributed by atoms with Gasteiger partial charge in [0.1, 0.15) is 11.6 Å². The molecule has 0 fully saturated rings. The number of anilines is 1. The zero-order chi connectivity index (χ0) is 17.3. The summed E-state index contributed by atoms with van der Waals surface area (Å²) < 4.78 is 65.1. The summed E-state index contributed by atoms with van der Waals surface area (Å²) in [6, 6.07) is 3.93. The standard InChI is InChI=1S/C13H13F3N4O2S/c1-8-18-6-9(12(17)20-8)7-19-23(21,22)11-5-3-2-4-10(11)13(14,15)16/h2-6,19H,7H2,1H3,(H2,17,18,20). The van der Waals surface area contributed by atoms with Crippen molar-refractivity contribution in [2.45, 2.75) is 24.5 Å². The maximum absolute atomic E-state index is 12.9. The molecule has 1 aromatic heterocycles. The number of hydrogen-bond donors (Lipinski definition) is 2. The van der Waals surface area contributed by atoms with Crippen LogP contribution in [0.5, 0.6) is 0 Å². The molecule has 3 N–H and O–H groups in total. The highest BCUT2D eigenvalue weighted by atomic mass is 32.2. The van der Waals surface area contributed by atoms with Crippen LogP contribution in [0.3, 0.4) is 0 Å². The maximum atomic E-state index is 12.9. The Morgan fingerprint density at radius 2 is 1.91 bits per heavy atom. The molecule has 2 rings (SSSR count). The molecule has 0 saturated heterocycles. The van der Waals surface area contributed by atoms with Gasteiger partial charge in [-0.25, -0.2) is 23.1 Å². The van der Waals surface area contributed by atoms with Crippen molar-refractivity contribution in [3.63, 3.8) is 0 Å². The van der Waals surface area contributed by atoms with Crippen molar-refractivity contribution in [3.05, 3.63) is 47.4 Å². The van der Waals surface area contributed by atoms with E-state index in [9.17, 15) is 21.6 Å². The monoisotopic (exact) mass is 346 g/mol. The minimum atomic E-state index is -4.78. The highest BCUT2D eigenvalue weighted by Crippen LogP contribution is 2.33. The molecule has 6 nitrogen and oxygen atoms in total. The number of hydrogen-bond acceptors (Lipinski definition) is 5. The average Bonchev–Trinajstić information content (AvgIpc) is 2.45. The molecule has 0 aliphatic carbocycles. The maximum Gasteiger partial charge on any atom is 0.417 e. The van der Waals surface area contributed by atoms with Crippen LogP contribution in [0.1, 0.15) is 17.0 Å². The fourth-order valence-corrected chi connectivity index (χ4v) is 3.07. The summed E-state index contributed by atoms with van der Waals surface area (Å²) in [5, 5.41) is 0. The number of benzene rings is 1. The summed E-state index contributed by atoms with van der Waals surface area (Å²) in [7, 11) is -4.38. The Labute approximate surface area is 130 Å². The van der Waals surface area contributed by atoms with Crippen LogP contribution in [0.2, 0.25) is 0 Å². The van der Waals surface area contributed by atoms with Gasteiger partial charge < -0.3 is 5.73 Å². The second-order valence-corrected chi connectivity index (χ2v) is 6.38. The number of sulfonamides is 1. The lowest BCUT2D eigenvalue weighted by molar-refractivity contribution is -0.139. The third-order valence-corrected chi connectivity index (χ3v) is 4.41. The Hall–Kier alpha value is -2.20. The molecule has 0 amide bonds. The van der Waals surface area contributed by atoms with Crippen LogP contribution in [0.25, 0.3) is 0 Å². The topological polar surface area (TPSA) is 98.0 Å². The van der Waals surface area contributed by atoms with Gasteiger partial charge in [0.05, 0.1) is 10.5 Å². The Morgan fingerprint density at radius 1 is 1.26 bits per heavy atom. The molecule has 0 radical (unpaired) electrons. The van der Waals surface area contributed by atoms with E-state index in [1.54, 1.807) is 6.92 Å². The zero-order valence-corrected chi connectivity index (χ0v) is 12.7. The van der Waals surface area contributed by atoms with E-state index >= 15 is 0 Å². The third-order valence-electron chi connectivity index (χ3n) is 2.95. The van der Waals surface area contributed by atoms with Gasteiger partial charge in [0.15, 0.2) is 0 Å². The minimum absolute atomic E-state index is 0.0595. The average molecular weight is 346 g/mol. The van der Waals surface area contributed by atoms with Crippen LogP contribution >= 0.6 is 0 Å². The second-order valence-electron chi connectivity index (χ2n) is 4.65. The molecule has 0 aliphatic rings. The number of rotatable bonds is 4. The first-order chi connectivity index (χ1) is 10.6. The summed E-state index contributed by atoms with van der Waals surface area (Å²) in [5.41, 5.74) is 4.65. The smallest absolute Gasteiger partial charge is 0.383 e. The van der Waals surface area contributed by atoms with Crippen molar-refractivity contribution >= 4 is 15.8 Å². The summed E-state index contributed by atoms with van der Waals surface area (Å²) in [6.07, 6.45) is -3.47. The predicted molar refractivity (Wildman–Crippen MR) is 76.7 cm³/mol. The Balaban J connectivity index is 2.30. The van der Waals surface area contributed by atoms with E-state index in [1.165, 1.54) is 12.3 Å². The molecule has 0 bridgehead atoms. The number of aromatic nitrogens is 2. The lowest BCUT2D eigenvalue weighted by Gasteiger charge is -2.14. The first-order valence-electron chi connectivity index (χ1n) is 6.35. The van der Waals surface area contributed by atoms with E-state index in [2.05, 4.69) is 14.7 Å². The van der Waals surface area contributed by atoms with Crippen molar-refractivity contribution in [1.29, 1.82) is 0 Å². The lowest BCUT2D eigenvalue weighted by atomic mass is 10.2. The van der Waals surface area contributed by atoms with E-state index < -0.39 is 26.7 Å². The van der Waals surface area contributed by atoms with Crippen LogP contribution in [0, 0.1) is 6.92 Å². The van der Waals surface area contributed by atoms with Gasteiger partial charge in [0.2, 0.25) is 10.0 Å². The normalized spacial score (nSPS) is 12.3. The molecule has 1 aromatic carbocycles. The van der Waals surface area contributed by atoms with Crippen molar-refractivity contribution < 1.29 is 21.6 Å². The molecule has 0 unspecified atom stereocenters. The zero-order valence-electron chi connectivity index (χ0n) is 11.9. The summed E-state index contributed by atoms with van der Waals surface area (Å²) >= 11 is 0. The van der Waals surface area contributed by atoms with Gasteiger partial charge >= 0.3 is 6.18 Å². The molecular weight excluding hydrogens is 333 g/mol. The molecular formula is C13H13F3N4O2S. The Kier molecular flexibility index (Phi) is 4.57. The van der Waals surface area contributed by atoms with Crippen molar-refractivity contribution in [2.24, 2.45) is 0 Å². The molecule has 124 valence electrons. The molecule has 10 heteroatoms. The highest BCUT2D eigenvalue weighted by molar-refractivity contribution is 7.89. The molecule has 0 saturated carbocycles. The SMILES string of the molecule is Cc1ncc(CNS(=O)(=O)c2ccccc2C(F)(F)F)c(N)n1. The number of nitrogens with one attached hydrogen (secondary N) is 1. The highest BCUT2D eigenvalue weighted by Gasteiger charge is 2.36. The third kappa shape index (κ3) is 3.96. The molecule has 2 aromatic rings.